The first-order chi connectivity index (χ1) is 0. The van der Waals surface area contributed by atoms with Gasteiger partial charge in [-0.05, 0) is 0 Å². The zero-order valence-corrected chi connectivity index (χ0v) is 16.1. The Balaban J connectivity index is 0. The third-order valence-corrected chi connectivity index (χ3v) is 0. The largest absolute Gasteiger partial charge is 0 e. The van der Waals surface area contributed by atoms with Gasteiger partial charge in [0.25, 0.3) is 0 Å². The molecule has 0 spiro atoms. The zero-order valence-electron chi connectivity index (χ0n) is 2.62. The van der Waals surface area contributed by atoms with E-state index in [1.54, 1.807) is 0 Å². The van der Waals surface area contributed by atoms with Crippen LogP contribution in [0.2, 0.25) is 0 Å². The second-order valence-electron chi connectivity index (χ2n) is 0. The molecule has 0 aromatic rings. The minimum atomic E-state index is 0. The zero-order chi connectivity index (χ0) is 0. The molecule has 0 aromatic carbocycles. The number of hydrogen-bond acceptors (Lipinski definition) is 0. The molecular formula is BaCaPbZn. The van der Waals surface area contributed by atoms with E-state index in [1.165, 1.54) is 0 Å². The monoisotopic (exact) mass is 450 g/mol. The fraction of sp³-hybridized carbons (Fsp3) is 0. The minimum Gasteiger partial charge on any atom is 0 e. The summed E-state index contributed by atoms with van der Waals surface area (Å²) in [6.45, 7) is 0. The van der Waals surface area contributed by atoms with E-state index in [2.05, 4.69) is 0 Å². The smallest absolute Gasteiger partial charge is 0 e. The molecule has 10 valence electrons. The molecular weight excluding hydrogens is 450 g/mol. The van der Waals surface area contributed by atoms with E-state index in [-0.39, 0.29) is 133 Å². The van der Waals surface area contributed by atoms with Gasteiger partial charge in [-0.1, -0.05) is 0 Å². The van der Waals surface area contributed by atoms with Crippen LogP contribution in [-0.2, 0) is 19.5 Å². The molecule has 0 fully saturated rings. The van der Waals surface area contributed by atoms with Crippen LogP contribution in [0.4, 0.5) is 0 Å². The molecule has 8 radical (unpaired) electrons. The van der Waals surface area contributed by atoms with Gasteiger partial charge in [0, 0.05) is 133 Å². The van der Waals surface area contributed by atoms with Crippen LogP contribution in [0.25, 0.3) is 0 Å². The van der Waals surface area contributed by atoms with Crippen molar-refractivity contribution in [3.63, 3.8) is 0 Å². The molecule has 0 aromatic heterocycles. The second kappa shape index (κ2) is 15.7. The van der Waals surface area contributed by atoms with Crippen LogP contribution in [-0.4, -0.2) is 114 Å². The Hall–Kier alpha value is 4.38. The van der Waals surface area contributed by atoms with Crippen molar-refractivity contribution in [3.8, 4) is 0 Å². The average molecular weight is 450 g/mol. The van der Waals surface area contributed by atoms with Crippen LogP contribution >= 0.6 is 0 Å². The topological polar surface area (TPSA) is 0 Å². The molecule has 0 heterocycles. The van der Waals surface area contributed by atoms with Crippen molar-refractivity contribution in [2.75, 3.05) is 0 Å². The summed E-state index contributed by atoms with van der Waals surface area (Å²) < 4.78 is 0. The standard InChI is InChI=1S/Ba.Ca.Pb.Zn. The van der Waals surface area contributed by atoms with Crippen LogP contribution in [0.5, 0.6) is 0 Å². The summed E-state index contributed by atoms with van der Waals surface area (Å²) in [5, 5.41) is 0. The van der Waals surface area contributed by atoms with Gasteiger partial charge in [0.1, 0.15) is 0 Å². The van der Waals surface area contributed by atoms with E-state index < -0.39 is 0 Å². The Morgan fingerprint density at radius 2 is 1.00 bits per heavy atom. The van der Waals surface area contributed by atoms with Gasteiger partial charge in [-0.15, -0.1) is 0 Å². The van der Waals surface area contributed by atoms with E-state index in [1.807, 2.05) is 0 Å². The SMILES string of the molecule is [Ba].[Ca].[Pb].[Zn]. The van der Waals surface area contributed by atoms with Crippen molar-refractivity contribution in [2.24, 2.45) is 0 Å². The van der Waals surface area contributed by atoms with Gasteiger partial charge < -0.3 is 0 Å². The molecule has 0 N–H and O–H groups in total. The van der Waals surface area contributed by atoms with Crippen molar-refractivity contribution in [2.45, 2.75) is 0 Å². The molecule has 0 saturated heterocycles. The summed E-state index contributed by atoms with van der Waals surface area (Å²) in [4.78, 5) is 0. The van der Waals surface area contributed by atoms with Gasteiger partial charge in [0.05, 0.1) is 0 Å². The van der Waals surface area contributed by atoms with E-state index >= 15 is 0 Å². The Morgan fingerprint density at radius 1 is 1.00 bits per heavy atom. The van der Waals surface area contributed by atoms with Gasteiger partial charge in [0.15, 0.2) is 0 Å². The maximum absolute atomic E-state index is 0. The molecule has 0 bridgehead atoms. The van der Waals surface area contributed by atoms with Gasteiger partial charge >= 0.3 is 0 Å². The van der Waals surface area contributed by atoms with Crippen molar-refractivity contribution >= 4 is 114 Å². The molecule has 0 amide bonds. The maximum atomic E-state index is 0. The normalized spacial score (nSPS) is 0. The van der Waals surface area contributed by atoms with Crippen LogP contribution in [0.15, 0.2) is 0 Å². The van der Waals surface area contributed by atoms with Crippen LogP contribution in [0.3, 0.4) is 0 Å². The van der Waals surface area contributed by atoms with E-state index in [9.17, 15) is 0 Å². The first-order valence-corrected chi connectivity index (χ1v) is 0. The molecule has 0 nitrogen and oxygen atoms in total. The van der Waals surface area contributed by atoms with Crippen molar-refractivity contribution in [1.82, 2.24) is 0 Å². The molecule has 4 heteroatoms. The Kier molecular flexibility index (Phi) is 93.2. The van der Waals surface area contributed by atoms with E-state index in [0.29, 0.717) is 0 Å². The van der Waals surface area contributed by atoms with Gasteiger partial charge in [-0.2, -0.15) is 0 Å². The molecule has 0 unspecified atom stereocenters. The summed E-state index contributed by atoms with van der Waals surface area (Å²) in [6, 6.07) is 0. The Labute approximate surface area is 129 Å². The number of rotatable bonds is 0. The van der Waals surface area contributed by atoms with Gasteiger partial charge in [-0.25, -0.2) is 0 Å². The maximum Gasteiger partial charge on any atom is 0 e. The molecule has 0 atom stereocenters. The van der Waals surface area contributed by atoms with Crippen LogP contribution < -0.4 is 0 Å². The van der Waals surface area contributed by atoms with Gasteiger partial charge in [-0.3, -0.25) is 0 Å². The summed E-state index contributed by atoms with van der Waals surface area (Å²) in [7, 11) is 0. The minimum absolute atomic E-state index is 0. The Bertz CT molecular complexity index is 8.00. The fourth-order valence-electron chi connectivity index (χ4n) is 0. The molecule has 4 heavy (non-hydrogen) atoms. The van der Waals surface area contributed by atoms with Crippen LogP contribution in [0, 0.1) is 0 Å². The number of hydrogen-bond donors (Lipinski definition) is 0. The van der Waals surface area contributed by atoms with Gasteiger partial charge in [0.2, 0.25) is 0 Å². The molecule has 0 aliphatic carbocycles. The summed E-state index contributed by atoms with van der Waals surface area (Å²) in [5.41, 5.74) is 0. The third-order valence-electron chi connectivity index (χ3n) is 0. The average Bonchev–Trinajstić information content (AvgIpc) is 0. The summed E-state index contributed by atoms with van der Waals surface area (Å²) >= 11 is 0. The van der Waals surface area contributed by atoms with Crippen LogP contribution in [0.1, 0.15) is 0 Å². The Morgan fingerprint density at radius 3 is 1.00 bits per heavy atom. The molecule has 0 saturated carbocycles. The summed E-state index contributed by atoms with van der Waals surface area (Å²) in [5.74, 6) is 0. The van der Waals surface area contributed by atoms with Crippen molar-refractivity contribution in [3.05, 3.63) is 0 Å². The van der Waals surface area contributed by atoms with E-state index in [4.69, 9.17) is 0 Å². The van der Waals surface area contributed by atoms with Crippen molar-refractivity contribution < 1.29 is 19.5 Å². The molecule has 0 rings (SSSR count). The van der Waals surface area contributed by atoms with Crippen molar-refractivity contribution in [1.29, 1.82) is 0 Å². The quantitative estimate of drug-likeness (QED) is 0.410. The predicted octanol–water partition coefficient (Wildman–Crippen LogP) is -1.14. The second-order valence-corrected chi connectivity index (χ2v) is 0. The fourth-order valence-corrected chi connectivity index (χ4v) is 0. The van der Waals surface area contributed by atoms with E-state index in [0.717, 1.165) is 0 Å². The molecule has 0 aliphatic rings. The summed E-state index contributed by atoms with van der Waals surface area (Å²) in [6.07, 6.45) is 0. The molecule has 0 aliphatic heterocycles. The third kappa shape index (κ3) is 9.62. The predicted molar refractivity (Wildman–Crippen MR) is 17.3 cm³/mol. The first-order valence-electron chi connectivity index (χ1n) is 0. The first kappa shape index (κ1) is 23.8.